The summed E-state index contributed by atoms with van der Waals surface area (Å²) in [4.78, 5) is 4.07. The standard InChI is InChI=1S/C17H22N2S/c1-12(2)19(11-15-4-3-9-20-15)17-8-5-13-10-14(18)6-7-16(13)17/h3-4,6-7,9-10,12,17H,5,8,11,18H2,1-2H3. The Bertz CT molecular complexity index is 575. The number of nitrogens with zero attached hydrogens (tertiary/aromatic N) is 1. The number of benzene rings is 1. The SMILES string of the molecule is CC(C)N(Cc1cccs1)C1CCc2cc(N)ccc21. The lowest BCUT2D eigenvalue weighted by molar-refractivity contribution is 0.145. The van der Waals surface area contributed by atoms with Crippen LogP contribution >= 0.6 is 11.3 Å². The summed E-state index contributed by atoms with van der Waals surface area (Å²) < 4.78 is 0. The molecule has 0 aliphatic heterocycles. The number of rotatable bonds is 4. The first kappa shape index (κ1) is 13.7. The molecule has 1 aliphatic carbocycles. The van der Waals surface area contributed by atoms with Crippen molar-refractivity contribution in [2.45, 2.75) is 45.3 Å². The lowest BCUT2D eigenvalue weighted by atomic mass is 10.0. The summed E-state index contributed by atoms with van der Waals surface area (Å²) in [5.41, 5.74) is 9.71. The summed E-state index contributed by atoms with van der Waals surface area (Å²) >= 11 is 1.85. The predicted octanol–water partition coefficient (Wildman–Crippen LogP) is 4.23. The van der Waals surface area contributed by atoms with Gasteiger partial charge >= 0.3 is 0 Å². The van der Waals surface area contributed by atoms with Crippen molar-refractivity contribution in [1.29, 1.82) is 0 Å². The largest absolute Gasteiger partial charge is 0.399 e. The molecule has 1 heterocycles. The van der Waals surface area contributed by atoms with Crippen molar-refractivity contribution < 1.29 is 0 Å². The third-order valence-corrected chi connectivity index (χ3v) is 5.06. The second kappa shape index (κ2) is 5.58. The van der Waals surface area contributed by atoms with E-state index in [0.717, 1.165) is 18.7 Å². The molecule has 1 aliphatic rings. The maximum Gasteiger partial charge on any atom is 0.0360 e. The van der Waals surface area contributed by atoms with E-state index in [0.29, 0.717) is 12.1 Å². The third kappa shape index (κ3) is 2.60. The van der Waals surface area contributed by atoms with Crippen molar-refractivity contribution in [2.24, 2.45) is 0 Å². The van der Waals surface area contributed by atoms with E-state index in [9.17, 15) is 0 Å². The Morgan fingerprint density at radius 1 is 1.35 bits per heavy atom. The molecular weight excluding hydrogens is 264 g/mol. The zero-order chi connectivity index (χ0) is 14.1. The molecule has 1 aromatic carbocycles. The molecule has 1 atom stereocenters. The number of thiophene rings is 1. The van der Waals surface area contributed by atoms with E-state index >= 15 is 0 Å². The van der Waals surface area contributed by atoms with E-state index in [4.69, 9.17) is 5.73 Å². The van der Waals surface area contributed by atoms with Crippen LogP contribution in [0, 0.1) is 0 Å². The predicted molar refractivity (Wildman–Crippen MR) is 86.9 cm³/mol. The summed E-state index contributed by atoms with van der Waals surface area (Å²) in [6.45, 7) is 5.63. The summed E-state index contributed by atoms with van der Waals surface area (Å²) in [6.07, 6.45) is 2.36. The maximum atomic E-state index is 5.91. The molecule has 3 rings (SSSR count). The number of hydrogen-bond donors (Lipinski definition) is 1. The van der Waals surface area contributed by atoms with E-state index in [-0.39, 0.29) is 0 Å². The van der Waals surface area contributed by atoms with Crippen molar-refractivity contribution in [3.05, 3.63) is 51.7 Å². The lowest BCUT2D eigenvalue weighted by Crippen LogP contribution is -2.33. The molecule has 0 spiro atoms. The van der Waals surface area contributed by atoms with E-state index in [1.165, 1.54) is 22.4 Å². The Morgan fingerprint density at radius 3 is 2.90 bits per heavy atom. The number of nitrogens with two attached hydrogens (primary N) is 1. The van der Waals surface area contributed by atoms with Crippen LogP contribution in [-0.2, 0) is 13.0 Å². The number of nitrogen functional groups attached to an aromatic ring is 1. The fourth-order valence-corrected chi connectivity index (χ4v) is 3.91. The second-order valence-electron chi connectivity index (χ2n) is 5.86. The first-order chi connectivity index (χ1) is 9.65. The van der Waals surface area contributed by atoms with E-state index in [1.807, 2.05) is 17.4 Å². The van der Waals surface area contributed by atoms with Gasteiger partial charge in [-0.1, -0.05) is 12.1 Å². The van der Waals surface area contributed by atoms with E-state index in [1.54, 1.807) is 0 Å². The molecule has 0 saturated carbocycles. The minimum absolute atomic E-state index is 0.535. The van der Waals surface area contributed by atoms with E-state index in [2.05, 4.69) is 48.4 Å². The summed E-state index contributed by atoms with van der Waals surface area (Å²) in [6, 6.07) is 11.9. The molecule has 106 valence electrons. The van der Waals surface area contributed by atoms with Gasteiger partial charge in [-0.05, 0) is 61.4 Å². The Labute approximate surface area is 125 Å². The zero-order valence-electron chi connectivity index (χ0n) is 12.2. The fourth-order valence-electron chi connectivity index (χ4n) is 3.19. The zero-order valence-corrected chi connectivity index (χ0v) is 13.0. The van der Waals surface area contributed by atoms with Crippen LogP contribution in [0.1, 0.15) is 42.3 Å². The number of fused-ring (bicyclic) bond motifs is 1. The van der Waals surface area contributed by atoms with E-state index < -0.39 is 0 Å². The Balaban J connectivity index is 1.87. The highest BCUT2D eigenvalue weighted by molar-refractivity contribution is 7.09. The number of anilines is 1. The van der Waals surface area contributed by atoms with Gasteiger partial charge in [0.25, 0.3) is 0 Å². The fraction of sp³-hybridized carbons (Fsp3) is 0.412. The minimum atomic E-state index is 0.535. The molecule has 1 unspecified atom stereocenters. The van der Waals surface area contributed by atoms with Gasteiger partial charge in [-0.25, -0.2) is 0 Å². The molecule has 20 heavy (non-hydrogen) atoms. The van der Waals surface area contributed by atoms with Gasteiger partial charge in [0, 0.05) is 29.2 Å². The van der Waals surface area contributed by atoms with Crippen LogP contribution in [-0.4, -0.2) is 10.9 Å². The maximum absolute atomic E-state index is 5.91. The lowest BCUT2D eigenvalue weighted by Gasteiger charge is -2.33. The quantitative estimate of drug-likeness (QED) is 0.852. The van der Waals surface area contributed by atoms with Crippen molar-refractivity contribution in [3.63, 3.8) is 0 Å². The second-order valence-corrected chi connectivity index (χ2v) is 6.89. The highest BCUT2D eigenvalue weighted by atomic mass is 32.1. The first-order valence-electron chi connectivity index (χ1n) is 7.31. The molecule has 2 aromatic rings. The number of hydrogen-bond acceptors (Lipinski definition) is 3. The summed E-state index contributed by atoms with van der Waals surface area (Å²) in [5, 5.41) is 2.16. The normalized spacial score (nSPS) is 17.9. The van der Waals surface area contributed by atoms with Crippen LogP contribution in [0.2, 0.25) is 0 Å². The van der Waals surface area contributed by atoms with Gasteiger partial charge in [-0.3, -0.25) is 4.90 Å². The Kier molecular flexibility index (Phi) is 3.81. The Hall–Kier alpha value is -1.32. The van der Waals surface area contributed by atoms with Crippen LogP contribution in [0.25, 0.3) is 0 Å². The van der Waals surface area contributed by atoms with Gasteiger partial charge < -0.3 is 5.73 Å². The molecule has 0 bridgehead atoms. The van der Waals surface area contributed by atoms with Crippen LogP contribution in [0.3, 0.4) is 0 Å². The average molecular weight is 286 g/mol. The average Bonchev–Trinajstić information content (AvgIpc) is 3.04. The van der Waals surface area contributed by atoms with Crippen molar-refractivity contribution in [3.8, 4) is 0 Å². The molecule has 2 nitrogen and oxygen atoms in total. The van der Waals surface area contributed by atoms with Crippen molar-refractivity contribution in [2.75, 3.05) is 5.73 Å². The van der Waals surface area contributed by atoms with Gasteiger partial charge in [0.1, 0.15) is 0 Å². The van der Waals surface area contributed by atoms with Crippen LogP contribution < -0.4 is 5.73 Å². The molecule has 0 saturated heterocycles. The summed E-state index contributed by atoms with van der Waals surface area (Å²) in [5.74, 6) is 0. The monoisotopic (exact) mass is 286 g/mol. The minimum Gasteiger partial charge on any atom is -0.399 e. The molecule has 1 aromatic heterocycles. The van der Waals surface area contributed by atoms with Crippen molar-refractivity contribution >= 4 is 17.0 Å². The van der Waals surface area contributed by atoms with Crippen LogP contribution in [0.5, 0.6) is 0 Å². The van der Waals surface area contributed by atoms with Gasteiger partial charge in [-0.15, -0.1) is 11.3 Å². The number of aryl methyl sites for hydroxylation is 1. The van der Waals surface area contributed by atoms with Gasteiger partial charge in [0.15, 0.2) is 0 Å². The van der Waals surface area contributed by atoms with Crippen molar-refractivity contribution in [1.82, 2.24) is 4.90 Å². The molecule has 0 radical (unpaired) electrons. The van der Waals surface area contributed by atoms with Crippen LogP contribution in [0.15, 0.2) is 35.7 Å². The molecule has 3 heteroatoms. The molecule has 2 N–H and O–H groups in total. The van der Waals surface area contributed by atoms with Gasteiger partial charge in [0.05, 0.1) is 0 Å². The molecule has 0 fully saturated rings. The van der Waals surface area contributed by atoms with Gasteiger partial charge in [-0.2, -0.15) is 0 Å². The highest BCUT2D eigenvalue weighted by Crippen LogP contribution is 2.38. The smallest absolute Gasteiger partial charge is 0.0360 e. The van der Waals surface area contributed by atoms with Gasteiger partial charge in [0.2, 0.25) is 0 Å². The molecule has 0 amide bonds. The van der Waals surface area contributed by atoms with Crippen LogP contribution in [0.4, 0.5) is 5.69 Å². The topological polar surface area (TPSA) is 29.3 Å². The first-order valence-corrected chi connectivity index (χ1v) is 8.19. The summed E-state index contributed by atoms with van der Waals surface area (Å²) in [7, 11) is 0. The molecular formula is C17H22N2S. The Morgan fingerprint density at radius 2 is 2.20 bits per heavy atom. The highest BCUT2D eigenvalue weighted by Gasteiger charge is 2.29. The third-order valence-electron chi connectivity index (χ3n) is 4.20.